The van der Waals surface area contributed by atoms with Crippen LogP contribution in [-0.4, -0.2) is 92.9 Å². The molecule has 11 heteroatoms. The third kappa shape index (κ3) is 5.28. The lowest BCUT2D eigenvalue weighted by Gasteiger charge is -2.25. The smallest absolute Gasteiger partial charge is 0.394 e. The topological polar surface area (TPSA) is 165 Å². The summed E-state index contributed by atoms with van der Waals surface area (Å²) in [4.78, 5) is 0. The Bertz CT molecular complexity index is 443. The van der Waals surface area contributed by atoms with E-state index in [2.05, 4.69) is 4.18 Å². The van der Waals surface area contributed by atoms with E-state index < -0.39 is 63.5 Å². The second kappa shape index (κ2) is 8.22. The molecule has 9 nitrogen and oxygen atoms in total. The molecule has 7 atom stereocenters. The molecular formula is C11H23O9S2+. The summed E-state index contributed by atoms with van der Waals surface area (Å²) < 4.78 is 34.9. The molecule has 22 heavy (non-hydrogen) atoms. The molecule has 0 aromatic rings. The van der Waals surface area contributed by atoms with E-state index in [-0.39, 0.29) is 18.1 Å². The number of aliphatic hydroxyl groups excluding tert-OH is 5. The van der Waals surface area contributed by atoms with Gasteiger partial charge in [-0.3, -0.25) is 4.55 Å². The fraction of sp³-hybridized carbons (Fsp3) is 1.00. The van der Waals surface area contributed by atoms with Crippen LogP contribution in [0.3, 0.4) is 0 Å². The quantitative estimate of drug-likeness (QED) is 0.193. The van der Waals surface area contributed by atoms with Crippen LogP contribution in [0.1, 0.15) is 6.92 Å². The molecule has 1 fully saturated rings. The Labute approximate surface area is 131 Å². The summed E-state index contributed by atoms with van der Waals surface area (Å²) in [7, 11) is -5.44. The molecule has 1 saturated heterocycles. The summed E-state index contributed by atoms with van der Waals surface area (Å²) in [5.74, 6) is -0.125. The van der Waals surface area contributed by atoms with Crippen molar-refractivity contribution in [2.75, 3.05) is 24.7 Å². The molecule has 1 heterocycles. The molecule has 0 spiro atoms. The summed E-state index contributed by atoms with van der Waals surface area (Å²) in [6.45, 7) is 0.459. The number of hydrogen-bond acceptors (Lipinski definition) is 8. The first-order valence-electron chi connectivity index (χ1n) is 6.68. The van der Waals surface area contributed by atoms with E-state index in [9.17, 15) is 28.8 Å². The average Bonchev–Trinajstić information content (AvgIpc) is 2.68. The second-order valence-corrected chi connectivity index (χ2v) is 8.76. The highest BCUT2D eigenvalue weighted by molar-refractivity contribution is 7.97. The van der Waals surface area contributed by atoms with Crippen LogP contribution in [0.5, 0.6) is 0 Å². The Morgan fingerprint density at radius 2 is 1.91 bits per heavy atom. The normalized spacial score (nSPS) is 33.6. The minimum atomic E-state index is -4.81. The lowest BCUT2D eigenvalue weighted by Crippen LogP contribution is -2.43. The van der Waals surface area contributed by atoms with Crippen molar-refractivity contribution >= 4 is 21.3 Å². The van der Waals surface area contributed by atoms with Crippen molar-refractivity contribution in [3.05, 3.63) is 0 Å². The molecule has 0 radical (unpaired) electrons. The van der Waals surface area contributed by atoms with Crippen LogP contribution in [0.2, 0.25) is 0 Å². The third-order valence-electron chi connectivity index (χ3n) is 3.60. The molecule has 1 aliphatic rings. The van der Waals surface area contributed by atoms with Gasteiger partial charge in [-0.2, -0.15) is 8.42 Å². The van der Waals surface area contributed by atoms with Crippen molar-refractivity contribution in [1.29, 1.82) is 0 Å². The maximum absolute atomic E-state index is 10.9. The van der Waals surface area contributed by atoms with Crippen molar-refractivity contribution < 1.29 is 42.7 Å². The Morgan fingerprint density at radius 3 is 2.36 bits per heavy atom. The second-order valence-electron chi connectivity index (χ2n) is 5.37. The van der Waals surface area contributed by atoms with Crippen molar-refractivity contribution in [1.82, 2.24) is 0 Å². The molecule has 0 bridgehead atoms. The number of hydrogen-bond donors (Lipinski definition) is 6. The molecular weight excluding hydrogens is 340 g/mol. The molecule has 0 aromatic carbocycles. The van der Waals surface area contributed by atoms with Crippen LogP contribution in [0.25, 0.3) is 0 Å². The molecule has 0 amide bonds. The maximum atomic E-state index is 10.9. The molecule has 0 aliphatic carbocycles. The largest absolute Gasteiger partial charge is 0.397 e. The lowest BCUT2D eigenvalue weighted by molar-refractivity contribution is -0.0225. The van der Waals surface area contributed by atoms with Gasteiger partial charge in [-0.05, 0) is 10.9 Å². The van der Waals surface area contributed by atoms with Gasteiger partial charge in [0, 0.05) is 5.92 Å². The number of aliphatic hydroxyl groups is 5. The van der Waals surface area contributed by atoms with Crippen molar-refractivity contribution in [2.45, 2.75) is 36.6 Å². The highest BCUT2D eigenvalue weighted by Gasteiger charge is 2.50. The minimum absolute atomic E-state index is 0.241. The first kappa shape index (κ1) is 20.1. The van der Waals surface area contributed by atoms with Gasteiger partial charge in [-0.15, -0.1) is 0 Å². The molecule has 132 valence electrons. The Morgan fingerprint density at radius 1 is 1.32 bits per heavy atom. The molecule has 0 unspecified atom stereocenters. The minimum Gasteiger partial charge on any atom is -0.394 e. The molecule has 1 rings (SSSR count). The summed E-state index contributed by atoms with van der Waals surface area (Å²) >= 11 is 0. The van der Waals surface area contributed by atoms with E-state index in [0.29, 0.717) is 0 Å². The van der Waals surface area contributed by atoms with E-state index in [4.69, 9.17) is 9.66 Å². The zero-order valence-electron chi connectivity index (χ0n) is 12.0. The first-order valence-corrected chi connectivity index (χ1v) is 9.67. The van der Waals surface area contributed by atoms with Crippen molar-refractivity contribution in [3.63, 3.8) is 0 Å². The van der Waals surface area contributed by atoms with E-state index in [1.54, 1.807) is 6.92 Å². The van der Waals surface area contributed by atoms with Crippen molar-refractivity contribution in [2.24, 2.45) is 5.92 Å². The summed E-state index contributed by atoms with van der Waals surface area (Å²) in [5.41, 5.74) is 0. The lowest BCUT2D eigenvalue weighted by atomic mass is 10.0. The molecule has 6 N–H and O–H groups in total. The zero-order chi connectivity index (χ0) is 17.1. The van der Waals surface area contributed by atoms with Crippen LogP contribution in [0.15, 0.2) is 0 Å². The van der Waals surface area contributed by atoms with Crippen LogP contribution < -0.4 is 0 Å². The van der Waals surface area contributed by atoms with Crippen LogP contribution in [-0.2, 0) is 25.5 Å². The molecule has 1 aliphatic heterocycles. The maximum Gasteiger partial charge on any atom is 0.397 e. The van der Waals surface area contributed by atoms with E-state index in [0.717, 1.165) is 0 Å². The first-order chi connectivity index (χ1) is 10.1. The highest BCUT2D eigenvalue weighted by atomic mass is 32.3. The number of rotatable bonds is 8. The van der Waals surface area contributed by atoms with Crippen molar-refractivity contribution in [3.8, 4) is 0 Å². The van der Waals surface area contributed by atoms with Gasteiger partial charge in [-0.1, -0.05) is 6.92 Å². The Kier molecular flexibility index (Phi) is 7.49. The fourth-order valence-electron chi connectivity index (χ4n) is 2.51. The zero-order valence-corrected chi connectivity index (χ0v) is 13.7. The summed E-state index contributed by atoms with van der Waals surface area (Å²) in [6, 6.07) is 0. The van der Waals surface area contributed by atoms with Crippen LogP contribution >= 0.6 is 0 Å². The summed E-state index contributed by atoms with van der Waals surface area (Å²) in [5, 5.41) is 46.8. The predicted octanol–water partition coefficient (Wildman–Crippen LogP) is -3.12. The van der Waals surface area contributed by atoms with Gasteiger partial charge in [-0.25, -0.2) is 4.18 Å². The summed E-state index contributed by atoms with van der Waals surface area (Å²) in [6.07, 6.45) is -4.94. The third-order valence-corrected chi connectivity index (χ3v) is 7.08. The van der Waals surface area contributed by atoms with Gasteiger partial charge in [0.15, 0.2) is 5.25 Å². The van der Waals surface area contributed by atoms with Gasteiger partial charge in [0.05, 0.1) is 13.2 Å². The van der Waals surface area contributed by atoms with Crippen LogP contribution in [0, 0.1) is 5.92 Å². The van der Waals surface area contributed by atoms with Gasteiger partial charge in [0.1, 0.15) is 35.9 Å². The van der Waals surface area contributed by atoms with Gasteiger partial charge in [0.2, 0.25) is 0 Å². The van der Waals surface area contributed by atoms with E-state index in [1.165, 1.54) is 0 Å². The van der Waals surface area contributed by atoms with Gasteiger partial charge in [0.25, 0.3) is 0 Å². The SMILES string of the molecule is C[C@H](C[S@@+]1C[C@@H](O)[C@H](O)[C@H]1CO)[C@@H](OS(=O)(=O)O)[C@H](O)CO. The fourth-order valence-corrected chi connectivity index (χ4v) is 6.02. The molecule has 0 saturated carbocycles. The van der Waals surface area contributed by atoms with E-state index >= 15 is 0 Å². The van der Waals surface area contributed by atoms with Crippen LogP contribution in [0.4, 0.5) is 0 Å². The highest BCUT2D eigenvalue weighted by Crippen LogP contribution is 2.28. The average molecular weight is 363 g/mol. The molecule has 0 aromatic heterocycles. The standard InChI is InChI=1S/C11H22O9S2/c1-6(11(7(14)2-12)20-22(17,18)19)4-21-5-8(15)10(16)9(21)3-13/h6-16H,2-5H2,1H3/p+1/t6-,7-,8-,9-,10+,11-,21+/m1/s1. The Balaban J connectivity index is 2.80. The monoisotopic (exact) mass is 363 g/mol. The van der Waals surface area contributed by atoms with Gasteiger partial charge >= 0.3 is 10.4 Å². The predicted molar refractivity (Wildman–Crippen MR) is 78.7 cm³/mol. The van der Waals surface area contributed by atoms with Gasteiger partial charge < -0.3 is 25.5 Å². The van der Waals surface area contributed by atoms with E-state index in [1.807, 2.05) is 0 Å². The Hall–Kier alpha value is 0.0200.